The zero-order chi connectivity index (χ0) is 9.94. The lowest BCUT2D eigenvalue weighted by molar-refractivity contribution is -0.137. The van der Waals surface area contributed by atoms with Gasteiger partial charge < -0.3 is 4.74 Å². The van der Waals surface area contributed by atoms with Gasteiger partial charge in [0, 0.05) is 6.08 Å². The summed E-state index contributed by atoms with van der Waals surface area (Å²) in [5.74, 6) is -0.346. The van der Waals surface area contributed by atoms with Crippen molar-refractivity contribution in [2.45, 2.75) is 19.3 Å². The first kappa shape index (κ1) is 11.7. The second kappa shape index (κ2) is 8.78. The van der Waals surface area contributed by atoms with Gasteiger partial charge in [-0.2, -0.15) is 0 Å². The van der Waals surface area contributed by atoms with Gasteiger partial charge in [-0.05, 0) is 19.3 Å². The summed E-state index contributed by atoms with van der Waals surface area (Å²) in [6, 6.07) is 0. The van der Waals surface area contributed by atoms with Crippen LogP contribution in [0, 0.1) is 0 Å². The molecule has 0 fully saturated rings. The molecule has 0 radical (unpaired) electrons. The van der Waals surface area contributed by atoms with E-state index in [1.54, 1.807) is 6.08 Å². The summed E-state index contributed by atoms with van der Waals surface area (Å²) in [7, 11) is 0. The summed E-state index contributed by atoms with van der Waals surface area (Å²) in [4.78, 5) is 10.6. The van der Waals surface area contributed by atoms with Gasteiger partial charge in [0.2, 0.25) is 0 Å². The van der Waals surface area contributed by atoms with Gasteiger partial charge in [-0.3, -0.25) is 0 Å². The molecule has 0 aromatic heterocycles. The average molecular weight is 180 g/mol. The predicted molar refractivity (Wildman–Crippen MR) is 54.3 cm³/mol. The van der Waals surface area contributed by atoms with Gasteiger partial charge in [0.15, 0.2) is 0 Å². The van der Waals surface area contributed by atoms with E-state index in [1.807, 2.05) is 12.2 Å². The Morgan fingerprint density at radius 1 is 1.31 bits per heavy atom. The van der Waals surface area contributed by atoms with Gasteiger partial charge >= 0.3 is 5.97 Å². The van der Waals surface area contributed by atoms with Crippen LogP contribution in [-0.4, -0.2) is 12.6 Å². The summed E-state index contributed by atoms with van der Waals surface area (Å²) >= 11 is 0. The maximum atomic E-state index is 10.6. The Morgan fingerprint density at radius 3 is 2.69 bits per heavy atom. The fourth-order valence-electron chi connectivity index (χ4n) is 0.788. The number of allylic oxidation sites excluding steroid dienone is 3. The first-order valence-electron chi connectivity index (χ1n) is 4.38. The molecule has 72 valence electrons. The zero-order valence-electron chi connectivity index (χ0n) is 7.87. The zero-order valence-corrected chi connectivity index (χ0v) is 7.87. The first-order chi connectivity index (χ1) is 6.31. The molecule has 0 aromatic rings. The van der Waals surface area contributed by atoms with Crippen molar-refractivity contribution in [1.29, 1.82) is 0 Å². The molecule has 13 heavy (non-hydrogen) atoms. The Kier molecular flexibility index (Phi) is 7.90. The van der Waals surface area contributed by atoms with Crippen LogP contribution in [0.3, 0.4) is 0 Å². The predicted octanol–water partition coefficient (Wildman–Crippen LogP) is 2.63. The van der Waals surface area contributed by atoms with E-state index in [9.17, 15) is 4.79 Å². The summed E-state index contributed by atoms with van der Waals surface area (Å²) < 4.78 is 4.80. The van der Waals surface area contributed by atoms with Crippen molar-refractivity contribution in [2.75, 3.05) is 6.61 Å². The molecule has 0 aliphatic heterocycles. The first-order valence-corrected chi connectivity index (χ1v) is 4.38. The molecule has 0 aliphatic carbocycles. The Labute approximate surface area is 79.6 Å². The minimum absolute atomic E-state index is 0.346. The molecule has 0 rings (SSSR count). The largest absolute Gasteiger partial charge is 0.463 e. The number of carbonyl (C=O) groups excluding carboxylic acids is 1. The van der Waals surface area contributed by atoms with Crippen molar-refractivity contribution in [2.24, 2.45) is 0 Å². The molecule has 0 aliphatic rings. The van der Waals surface area contributed by atoms with Gasteiger partial charge in [0.05, 0.1) is 6.61 Å². The van der Waals surface area contributed by atoms with Crippen LogP contribution in [0.1, 0.15) is 19.3 Å². The van der Waals surface area contributed by atoms with Gasteiger partial charge in [0.1, 0.15) is 0 Å². The van der Waals surface area contributed by atoms with Crippen LogP contribution in [0.4, 0.5) is 0 Å². The summed E-state index contributed by atoms with van der Waals surface area (Å²) in [6.45, 7) is 7.34. The third kappa shape index (κ3) is 8.60. The number of hydrogen-bond acceptors (Lipinski definition) is 2. The molecule has 0 aromatic carbocycles. The molecule has 0 bridgehead atoms. The Balaban J connectivity index is 3.16. The number of esters is 1. The second-order valence-corrected chi connectivity index (χ2v) is 2.53. The van der Waals surface area contributed by atoms with E-state index in [4.69, 9.17) is 4.74 Å². The molecule has 2 nitrogen and oxygen atoms in total. The molecule has 0 amide bonds. The van der Waals surface area contributed by atoms with E-state index >= 15 is 0 Å². The maximum absolute atomic E-state index is 10.6. The molecule has 0 saturated carbocycles. The number of rotatable bonds is 7. The van der Waals surface area contributed by atoms with Crippen molar-refractivity contribution in [3.63, 3.8) is 0 Å². The Bertz CT molecular complexity index is 192. The van der Waals surface area contributed by atoms with E-state index in [0.29, 0.717) is 6.61 Å². The molecular weight excluding hydrogens is 164 g/mol. The molecule has 0 heterocycles. The van der Waals surface area contributed by atoms with E-state index in [-0.39, 0.29) is 5.97 Å². The van der Waals surface area contributed by atoms with E-state index < -0.39 is 0 Å². The Morgan fingerprint density at radius 2 is 2.08 bits per heavy atom. The summed E-state index contributed by atoms with van der Waals surface area (Å²) in [5, 5.41) is 0. The van der Waals surface area contributed by atoms with Crippen molar-refractivity contribution in [3.8, 4) is 0 Å². The molecular formula is C11H16O2. The van der Waals surface area contributed by atoms with Gasteiger partial charge in [-0.25, -0.2) is 4.79 Å². The van der Waals surface area contributed by atoms with Crippen LogP contribution in [0.5, 0.6) is 0 Å². The number of carbonyl (C=O) groups is 1. The van der Waals surface area contributed by atoms with Crippen LogP contribution in [0.25, 0.3) is 0 Å². The minimum atomic E-state index is -0.346. The topological polar surface area (TPSA) is 26.3 Å². The number of ether oxygens (including phenoxy) is 1. The van der Waals surface area contributed by atoms with Crippen LogP contribution in [0.15, 0.2) is 37.5 Å². The van der Waals surface area contributed by atoms with Crippen molar-refractivity contribution >= 4 is 5.97 Å². The highest BCUT2D eigenvalue weighted by atomic mass is 16.5. The molecule has 2 heteroatoms. The standard InChI is InChI=1S/C11H16O2/c1-3-5-6-7-8-9-10-13-11(12)4-2/h3-6H,1-2,7-10H2. The Hall–Kier alpha value is -1.31. The summed E-state index contributed by atoms with van der Waals surface area (Å²) in [6.07, 6.45) is 9.79. The third-order valence-corrected chi connectivity index (χ3v) is 1.45. The van der Waals surface area contributed by atoms with E-state index in [0.717, 1.165) is 19.3 Å². The number of hydrogen-bond donors (Lipinski definition) is 0. The van der Waals surface area contributed by atoms with Crippen LogP contribution in [-0.2, 0) is 9.53 Å². The van der Waals surface area contributed by atoms with Crippen molar-refractivity contribution in [1.82, 2.24) is 0 Å². The fourth-order valence-corrected chi connectivity index (χ4v) is 0.788. The van der Waals surface area contributed by atoms with Crippen LogP contribution < -0.4 is 0 Å². The molecule has 0 atom stereocenters. The quantitative estimate of drug-likeness (QED) is 0.260. The van der Waals surface area contributed by atoms with Crippen molar-refractivity contribution < 1.29 is 9.53 Å². The van der Waals surface area contributed by atoms with Gasteiger partial charge in [0.25, 0.3) is 0 Å². The van der Waals surface area contributed by atoms with Gasteiger partial charge in [-0.1, -0.05) is 31.4 Å². The molecule has 0 saturated heterocycles. The van der Waals surface area contributed by atoms with Crippen molar-refractivity contribution in [3.05, 3.63) is 37.5 Å². The van der Waals surface area contributed by atoms with Crippen LogP contribution in [0.2, 0.25) is 0 Å². The fraction of sp³-hybridized carbons (Fsp3) is 0.364. The molecule has 0 spiro atoms. The maximum Gasteiger partial charge on any atom is 0.330 e. The minimum Gasteiger partial charge on any atom is -0.463 e. The second-order valence-electron chi connectivity index (χ2n) is 2.53. The highest BCUT2D eigenvalue weighted by Crippen LogP contribution is 1.97. The lowest BCUT2D eigenvalue weighted by atomic mass is 10.2. The third-order valence-electron chi connectivity index (χ3n) is 1.45. The van der Waals surface area contributed by atoms with Crippen LogP contribution >= 0.6 is 0 Å². The monoisotopic (exact) mass is 180 g/mol. The summed E-state index contributed by atoms with van der Waals surface area (Å²) in [5.41, 5.74) is 0. The van der Waals surface area contributed by atoms with Gasteiger partial charge in [-0.15, -0.1) is 0 Å². The highest BCUT2D eigenvalue weighted by molar-refractivity contribution is 5.81. The normalized spacial score (nSPS) is 9.85. The van der Waals surface area contributed by atoms with E-state index in [1.165, 1.54) is 6.08 Å². The highest BCUT2D eigenvalue weighted by Gasteiger charge is 1.93. The smallest absolute Gasteiger partial charge is 0.330 e. The van der Waals surface area contributed by atoms with E-state index in [2.05, 4.69) is 13.2 Å². The lowest BCUT2D eigenvalue weighted by Gasteiger charge is -1.99. The lowest BCUT2D eigenvalue weighted by Crippen LogP contribution is -2.01. The average Bonchev–Trinajstić information content (AvgIpc) is 2.16. The SMILES string of the molecule is C=CC=CCCCCOC(=O)C=C. The molecule has 0 N–H and O–H groups in total. The molecule has 0 unspecified atom stereocenters. The number of unbranched alkanes of at least 4 members (excludes halogenated alkanes) is 2.